The molecule has 3 fully saturated rings. The third-order valence-corrected chi connectivity index (χ3v) is 7.94. The number of nitrogens with one attached hydrogen (secondary N) is 3. The Balaban J connectivity index is 1.16. The van der Waals surface area contributed by atoms with Crippen molar-refractivity contribution in [1.82, 2.24) is 15.6 Å². The Morgan fingerprint density at radius 1 is 1.32 bits per heavy atom. The highest BCUT2D eigenvalue weighted by atomic mass is 35.5. The molecule has 8 nitrogen and oxygen atoms in total. The molecule has 2 saturated carbocycles. The number of piperidine rings is 1. The number of aromatic nitrogens is 1. The second-order valence-electron chi connectivity index (χ2n) is 10.3. The summed E-state index contributed by atoms with van der Waals surface area (Å²) in [7, 11) is 0. The van der Waals surface area contributed by atoms with Crippen LogP contribution in [0.2, 0.25) is 5.02 Å². The lowest BCUT2D eigenvalue weighted by Gasteiger charge is -2.36. The molecule has 1 aliphatic heterocycles. The Morgan fingerprint density at radius 3 is 2.76 bits per heavy atom. The van der Waals surface area contributed by atoms with Gasteiger partial charge in [0.1, 0.15) is 0 Å². The van der Waals surface area contributed by atoms with Crippen LogP contribution in [-0.4, -0.2) is 35.6 Å². The zero-order chi connectivity index (χ0) is 26.3. The Hall–Kier alpha value is -3.70. The van der Waals surface area contributed by atoms with E-state index in [2.05, 4.69) is 21.7 Å². The lowest BCUT2D eigenvalue weighted by molar-refractivity contribution is -0.119. The molecule has 5 rings (SSSR count). The Kier molecular flexibility index (Phi) is 6.74. The van der Waals surface area contributed by atoms with Crippen LogP contribution < -0.4 is 15.5 Å². The number of pyridine rings is 1. The number of anilines is 1. The molecule has 1 unspecified atom stereocenters. The highest BCUT2D eigenvalue weighted by Crippen LogP contribution is 2.47. The average molecular weight is 517 g/mol. The van der Waals surface area contributed by atoms with Gasteiger partial charge in [-0.05, 0) is 80.3 Å². The van der Waals surface area contributed by atoms with E-state index in [0.717, 1.165) is 41.7 Å². The minimum atomic E-state index is -0.323. The van der Waals surface area contributed by atoms with Crippen LogP contribution in [0.4, 0.5) is 5.69 Å². The Bertz CT molecular complexity index is 1340. The fourth-order valence-corrected chi connectivity index (χ4v) is 5.56. The van der Waals surface area contributed by atoms with E-state index in [-0.39, 0.29) is 41.3 Å². The molecule has 1 aromatic heterocycles. The van der Waals surface area contributed by atoms with Crippen molar-refractivity contribution in [2.75, 3.05) is 11.4 Å². The van der Waals surface area contributed by atoms with Crippen LogP contribution in [-0.2, 0) is 9.59 Å². The van der Waals surface area contributed by atoms with E-state index in [1.54, 1.807) is 24.5 Å². The number of nitrogens with zero attached hydrogens (tertiary/aromatic N) is 3. The molecule has 3 atom stereocenters. The van der Waals surface area contributed by atoms with Crippen LogP contribution >= 0.6 is 11.6 Å². The minimum absolute atomic E-state index is 0.0282. The molecular weight excluding hydrogens is 488 g/mol. The Morgan fingerprint density at radius 2 is 2.11 bits per heavy atom. The molecule has 0 bridgehead atoms. The smallest absolute Gasteiger partial charge is 0.254 e. The number of fused-ring (bicyclic) bond motifs is 1. The average Bonchev–Trinajstić information content (AvgIpc) is 3.56. The third-order valence-electron chi connectivity index (χ3n) is 7.70. The summed E-state index contributed by atoms with van der Waals surface area (Å²) in [5.41, 5.74) is 4.35. The zero-order valence-corrected chi connectivity index (χ0v) is 21.5. The quantitative estimate of drug-likeness (QED) is 0.359. The number of benzene rings is 1. The summed E-state index contributed by atoms with van der Waals surface area (Å²) in [5.74, 6) is 0.750. The molecule has 0 radical (unpaired) electrons. The van der Waals surface area contributed by atoms with Crippen molar-refractivity contribution in [3.8, 4) is 6.07 Å². The number of nitriles is 1. The predicted octanol–water partition coefficient (Wildman–Crippen LogP) is 4.14. The summed E-state index contributed by atoms with van der Waals surface area (Å²) in [6, 6.07) is 9.23. The van der Waals surface area contributed by atoms with Crippen molar-refractivity contribution < 1.29 is 9.59 Å². The largest absolute Gasteiger partial charge is 0.382 e. The van der Waals surface area contributed by atoms with Gasteiger partial charge in [0.25, 0.3) is 5.91 Å². The maximum absolute atomic E-state index is 12.8. The molecule has 0 spiro atoms. The zero-order valence-electron chi connectivity index (χ0n) is 20.8. The molecule has 2 heterocycles. The molecule has 37 heavy (non-hydrogen) atoms. The van der Waals surface area contributed by atoms with Crippen LogP contribution in [0.3, 0.4) is 0 Å². The minimum Gasteiger partial charge on any atom is -0.382 e. The number of aryl methyl sites for hydroxylation is 1. The van der Waals surface area contributed by atoms with Crippen LogP contribution in [0.25, 0.3) is 0 Å². The van der Waals surface area contributed by atoms with Crippen molar-refractivity contribution in [3.63, 3.8) is 0 Å². The molecule has 9 heteroatoms. The van der Waals surface area contributed by atoms with E-state index in [4.69, 9.17) is 17.0 Å². The predicted molar refractivity (Wildman–Crippen MR) is 141 cm³/mol. The monoisotopic (exact) mass is 516 g/mol. The van der Waals surface area contributed by atoms with E-state index in [1.807, 2.05) is 30.9 Å². The number of halogens is 1. The van der Waals surface area contributed by atoms with Gasteiger partial charge in [0.05, 0.1) is 40.8 Å². The first-order chi connectivity index (χ1) is 17.8. The number of carbonyl (C=O) groups excluding carboxylic acids is 2. The topological polar surface area (TPSA) is 122 Å². The van der Waals surface area contributed by atoms with E-state index in [0.29, 0.717) is 29.3 Å². The fraction of sp³-hybridized carbons (Fsp3) is 0.393. The third kappa shape index (κ3) is 4.96. The van der Waals surface area contributed by atoms with Crippen LogP contribution in [0.15, 0.2) is 42.2 Å². The summed E-state index contributed by atoms with van der Waals surface area (Å²) in [6.45, 7) is 4.68. The maximum Gasteiger partial charge on any atom is 0.254 e. The number of amides is 2. The van der Waals surface area contributed by atoms with Gasteiger partial charge in [-0.25, -0.2) is 0 Å². The second-order valence-corrected chi connectivity index (χ2v) is 10.7. The normalized spacial score (nSPS) is 25.0. The van der Waals surface area contributed by atoms with Gasteiger partial charge in [0, 0.05) is 35.9 Å². The summed E-state index contributed by atoms with van der Waals surface area (Å²) < 4.78 is 0. The molecule has 2 aromatic rings. The highest BCUT2D eigenvalue weighted by Gasteiger charge is 2.52. The molecule has 3 aliphatic rings. The SMILES string of the molecule is Cc1cc(N2C[C@H]3C[C@H]3C2=O)cnc1C(C)N/C=C(\C=N)C(=O)N[C@H]1C[C@@H](c2cc(Cl)ccc2C#N)C1. The molecule has 1 saturated heterocycles. The fourth-order valence-electron chi connectivity index (χ4n) is 5.38. The summed E-state index contributed by atoms with van der Waals surface area (Å²) in [6.07, 6.45) is 6.76. The first kappa shape index (κ1) is 25.0. The lowest BCUT2D eigenvalue weighted by Crippen LogP contribution is -2.44. The number of rotatable bonds is 8. The molecule has 3 N–H and O–H groups in total. The van der Waals surface area contributed by atoms with Gasteiger partial charge in [-0.1, -0.05) is 11.6 Å². The van der Waals surface area contributed by atoms with Gasteiger partial charge in [0.15, 0.2) is 0 Å². The van der Waals surface area contributed by atoms with Crippen molar-refractivity contribution in [1.29, 1.82) is 10.7 Å². The van der Waals surface area contributed by atoms with Crippen LogP contribution in [0.1, 0.15) is 60.5 Å². The molecule has 190 valence electrons. The highest BCUT2D eigenvalue weighted by molar-refractivity contribution is 6.30. The number of carbonyl (C=O) groups is 2. The van der Waals surface area contributed by atoms with Gasteiger partial charge in [-0.3, -0.25) is 14.6 Å². The van der Waals surface area contributed by atoms with E-state index in [9.17, 15) is 14.9 Å². The van der Waals surface area contributed by atoms with Crippen molar-refractivity contribution >= 4 is 35.3 Å². The van der Waals surface area contributed by atoms with Gasteiger partial charge in [-0.15, -0.1) is 0 Å². The number of hydrogen-bond donors (Lipinski definition) is 3. The van der Waals surface area contributed by atoms with Gasteiger partial charge >= 0.3 is 0 Å². The summed E-state index contributed by atoms with van der Waals surface area (Å²) >= 11 is 6.11. The summed E-state index contributed by atoms with van der Waals surface area (Å²) in [4.78, 5) is 31.6. The van der Waals surface area contributed by atoms with E-state index < -0.39 is 0 Å². The van der Waals surface area contributed by atoms with Crippen molar-refractivity contribution in [2.45, 2.75) is 51.1 Å². The first-order valence-electron chi connectivity index (χ1n) is 12.5. The standard InChI is InChI=1S/C28H29ClN6O2/c1-15-5-23(35-14-19-8-25(19)28(35)37)13-33-26(15)16(2)32-12-20(11-31)27(36)34-22-6-18(7-22)24-9-21(29)4-3-17(24)10-30/h3-5,9,11-13,16,18-19,22,25,31-32H,6-8,14H2,1-2H3,(H,34,36)/b20-12+,31-11?/t16?,18-,19-,22+,25-/m1/s1. The maximum atomic E-state index is 12.8. The summed E-state index contributed by atoms with van der Waals surface area (Å²) in [5, 5.41) is 23.8. The van der Waals surface area contributed by atoms with Gasteiger partial charge in [-0.2, -0.15) is 5.26 Å². The van der Waals surface area contributed by atoms with Crippen LogP contribution in [0, 0.1) is 35.5 Å². The van der Waals surface area contributed by atoms with Crippen LogP contribution in [0.5, 0.6) is 0 Å². The molecule has 2 aliphatic carbocycles. The lowest BCUT2D eigenvalue weighted by atomic mass is 9.74. The van der Waals surface area contributed by atoms with E-state index >= 15 is 0 Å². The second kappa shape index (κ2) is 9.98. The van der Waals surface area contributed by atoms with Crippen molar-refractivity contribution in [3.05, 3.63) is 69.6 Å². The molecule has 1 aromatic carbocycles. The van der Waals surface area contributed by atoms with E-state index in [1.165, 1.54) is 0 Å². The van der Waals surface area contributed by atoms with Gasteiger partial charge in [0.2, 0.25) is 5.91 Å². The number of hydrogen-bond acceptors (Lipinski definition) is 6. The van der Waals surface area contributed by atoms with Crippen molar-refractivity contribution in [2.24, 2.45) is 11.8 Å². The Labute approximate surface area is 221 Å². The molecular formula is C28H29ClN6O2. The van der Waals surface area contributed by atoms with Gasteiger partial charge < -0.3 is 20.9 Å². The molecule has 2 amide bonds. The first-order valence-corrected chi connectivity index (χ1v) is 12.9.